The minimum absolute atomic E-state index is 0.199. The van der Waals surface area contributed by atoms with E-state index in [0.717, 1.165) is 18.7 Å². The molecule has 0 unspecified atom stereocenters. The first-order chi connectivity index (χ1) is 8.77. The molecule has 5 heteroatoms. The number of nitrogens with zero attached hydrogens (tertiary/aromatic N) is 1. The quantitative estimate of drug-likeness (QED) is 0.540. The van der Waals surface area contributed by atoms with Crippen molar-refractivity contribution in [2.45, 2.75) is 6.42 Å². The topological polar surface area (TPSA) is 63.2 Å². The minimum Gasteiger partial charge on any atom is -0.385 e. The molecule has 1 aromatic heterocycles. The predicted octanol–water partition coefficient (Wildman–Crippen LogP) is 1.45. The number of carbonyl (C=O) groups is 1. The van der Waals surface area contributed by atoms with E-state index in [4.69, 9.17) is 4.74 Å². The van der Waals surface area contributed by atoms with Crippen LogP contribution in [0.3, 0.4) is 0 Å². The number of carbonyl (C=O) groups excluding carboxylic acids is 1. The predicted molar refractivity (Wildman–Crippen MR) is 71.7 cm³/mol. The summed E-state index contributed by atoms with van der Waals surface area (Å²) in [4.78, 5) is 15.7. The van der Waals surface area contributed by atoms with Crippen molar-refractivity contribution >= 4 is 11.6 Å². The van der Waals surface area contributed by atoms with Gasteiger partial charge in [0, 0.05) is 38.7 Å². The molecule has 1 amide bonds. The van der Waals surface area contributed by atoms with Crippen molar-refractivity contribution in [3.05, 3.63) is 36.7 Å². The Bertz CT molecular complexity index is 394. The maximum atomic E-state index is 11.7. The van der Waals surface area contributed by atoms with Crippen molar-refractivity contribution in [1.82, 2.24) is 10.3 Å². The van der Waals surface area contributed by atoms with E-state index in [9.17, 15) is 4.79 Å². The summed E-state index contributed by atoms with van der Waals surface area (Å²) in [6.45, 7) is 5.49. The molecule has 0 saturated heterocycles. The Labute approximate surface area is 107 Å². The molecule has 0 radical (unpaired) electrons. The Balaban J connectivity index is 2.50. The van der Waals surface area contributed by atoms with E-state index in [2.05, 4.69) is 22.2 Å². The van der Waals surface area contributed by atoms with Crippen LogP contribution in [0.2, 0.25) is 0 Å². The van der Waals surface area contributed by atoms with Crippen LogP contribution in [0, 0.1) is 0 Å². The van der Waals surface area contributed by atoms with Crippen LogP contribution in [0.5, 0.6) is 0 Å². The minimum atomic E-state index is -0.199. The number of aromatic nitrogens is 1. The monoisotopic (exact) mass is 249 g/mol. The molecule has 0 aromatic carbocycles. The molecule has 5 nitrogen and oxygen atoms in total. The Hall–Kier alpha value is -1.88. The van der Waals surface area contributed by atoms with Crippen LogP contribution >= 0.6 is 0 Å². The van der Waals surface area contributed by atoms with Crippen LogP contribution in [-0.4, -0.2) is 37.7 Å². The third kappa shape index (κ3) is 4.97. The largest absolute Gasteiger partial charge is 0.385 e. The summed E-state index contributed by atoms with van der Waals surface area (Å²) >= 11 is 0. The molecular formula is C13H19N3O2. The van der Waals surface area contributed by atoms with Gasteiger partial charge in [0.2, 0.25) is 0 Å². The van der Waals surface area contributed by atoms with Gasteiger partial charge in [-0.15, -0.1) is 6.58 Å². The van der Waals surface area contributed by atoms with Gasteiger partial charge < -0.3 is 15.4 Å². The summed E-state index contributed by atoms with van der Waals surface area (Å²) in [5.74, 6) is -0.199. The molecule has 2 N–H and O–H groups in total. The number of rotatable bonds is 8. The summed E-state index contributed by atoms with van der Waals surface area (Å²) in [6.07, 6.45) is 4.16. The fraction of sp³-hybridized carbons (Fsp3) is 0.385. The number of hydrogen-bond donors (Lipinski definition) is 2. The van der Waals surface area contributed by atoms with Crippen LogP contribution in [0.25, 0.3) is 0 Å². The summed E-state index contributed by atoms with van der Waals surface area (Å²) in [5, 5.41) is 5.90. The highest BCUT2D eigenvalue weighted by atomic mass is 16.5. The van der Waals surface area contributed by atoms with Gasteiger partial charge in [0.25, 0.3) is 5.91 Å². The maximum Gasteiger partial charge on any atom is 0.270 e. The standard InChI is InChI=1S/C13H19N3O2/c1-3-6-16-13(17)12-10-11(5-8-15-12)14-7-4-9-18-2/h3,5,8,10H,1,4,6-7,9H2,2H3,(H,14,15)(H,16,17). The second-order valence-electron chi connectivity index (χ2n) is 3.70. The van der Waals surface area contributed by atoms with Crippen molar-refractivity contribution in [2.24, 2.45) is 0 Å². The first kappa shape index (κ1) is 14.2. The second kappa shape index (κ2) is 8.25. The van der Waals surface area contributed by atoms with Crippen molar-refractivity contribution in [3.63, 3.8) is 0 Å². The highest BCUT2D eigenvalue weighted by Gasteiger charge is 2.06. The molecule has 0 aliphatic carbocycles. The number of hydrogen-bond acceptors (Lipinski definition) is 4. The molecule has 1 aromatic rings. The van der Waals surface area contributed by atoms with Gasteiger partial charge in [-0.1, -0.05) is 6.08 Å². The van der Waals surface area contributed by atoms with Crippen LogP contribution in [0.15, 0.2) is 31.0 Å². The SMILES string of the molecule is C=CCNC(=O)c1cc(NCCCOC)ccn1. The molecule has 0 aliphatic rings. The van der Waals surface area contributed by atoms with Crippen LogP contribution < -0.4 is 10.6 Å². The average Bonchev–Trinajstić information content (AvgIpc) is 2.41. The fourth-order valence-corrected chi connectivity index (χ4v) is 1.37. The van der Waals surface area contributed by atoms with E-state index in [0.29, 0.717) is 18.8 Å². The summed E-state index contributed by atoms with van der Waals surface area (Å²) in [6, 6.07) is 3.56. The lowest BCUT2D eigenvalue weighted by Gasteiger charge is -2.07. The van der Waals surface area contributed by atoms with Crippen LogP contribution in [0.1, 0.15) is 16.9 Å². The number of pyridine rings is 1. The molecular weight excluding hydrogens is 230 g/mol. The highest BCUT2D eigenvalue weighted by Crippen LogP contribution is 2.07. The van der Waals surface area contributed by atoms with Gasteiger partial charge in [-0.3, -0.25) is 9.78 Å². The average molecular weight is 249 g/mol. The first-order valence-electron chi connectivity index (χ1n) is 5.86. The van der Waals surface area contributed by atoms with Crippen molar-refractivity contribution in [2.75, 3.05) is 32.1 Å². The van der Waals surface area contributed by atoms with Gasteiger partial charge >= 0.3 is 0 Å². The summed E-state index contributed by atoms with van der Waals surface area (Å²) in [7, 11) is 1.68. The first-order valence-corrected chi connectivity index (χ1v) is 5.86. The van der Waals surface area contributed by atoms with E-state index >= 15 is 0 Å². The number of amides is 1. The van der Waals surface area contributed by atoms with E-state index in [1.807, 2.05) is 6.07 Å². The molecule has 1 heterocycles. The third-order valence-corrected chi connectivity index (χ3v) is 2.25. The highest BCUT2D eigenvalue weighted by molar-refractivity contribution is 5.93. The Kier molecular flexibility index (Phi) is 6.50. The lowest BCUT2D eigenvalue weighted by molar-refractivity contribution is 0.0953. The molecule has 0 spiro atoms. The van der Waals surface area contributed by atoms with Gasteiger partial charge in [-0.25, -0.2) is 0 Å². The van der Waals surface area contributed by atoms with Gasteiger partial charge in [-0.05, 0) is 18.6 Å². The van der Waals surface area contributed by atoms with Gasteiger partial charge in [0.15, 0.2) is 0 Å². The van der Waals surface area contributed by atoms with E-state index in [1.165, 1.54) is 0 Å². The second-order valence-corrected chi connectivity index (χ2v) is 3.70. The molecule has 0 atom stereocenters. The third-order valence-electron chi connectivity index (χ3n) is 2.25. The normalized spacial score (nSPS) is 9.83. The van der Waals surface area contributed by atoms with Gasteiger partial charge in [0.1, 0.15) is 5.69 Å². The number of anilines is 1. The molecule has 98 valence electrons. The number of methoxy groups -OCH3 is 1. The molecule has 1 rings (SSSR count). The van der Waals surface area contributed by atoms with Crippen molar-refractivity contribution in [1.29, 1.82) is 0 Å². The maximum absolute atomic E-state index is 11.7. The Morgan fingerprint density at radius 2 is 2.44 bits per heavy atom. The van der Waals surface area contributed by atoms with Crippen molar-refractivity contribution < 1.29 is 9.53 Å². The zero-order valence-corrected chi connectivity index (χ0v) is 10.6. The van der Waals surface area contributed by atoms with Gasteiger partial charge in [-0.2, -0.15) is 0 Å². The summed E-state index contributed by atoms with van der Waals surface area (Å²) < 4.78 is 4.96. The molecule has 0 bridgehead atoms. The smallest absolute Gasteiger partial charge is 0.270 e. The van der Waals surface area contributed by atoms with E-state index in [1.54, 1.807) is 25.4 Å². The number of nitrogens with one attached hydrogen (secondary N) is 2. The molecule has 18 heavy (non-hydrogen) atoms. The van der Waals surface area contributed by atoms with Crippen molar-refractivity contribution in [3.8, 4) is 0 Å². The van der Waals surface area contributed by atoms with E-state index in [-0.39, 0.29) is 5.91 Å². The Morgan fingerprint density at radius 3 is 3.17 bits per heavy atom. The fourth-order valence-electron chi connectivity index (χ4n) is 1.37. The molecule has 0 saturated carbocycles. The zero-order valence-electron chi connectivity index (χ0n) is 10.6. The molecule has 0 fully saturated rings. The molecule has 0 aliphatic heterocycles. The van der Waals surface area contributed by atoms with Gasteiger partial charge in [0.05, 0.1) is 0 Å². The lowest BCUT2D eigenvalue weighted by atomic mass is 10.3. The van der Waals surface area contributed by atoms with E-state index < -0.39 is 0 Å². The van der Waals surface area contributed by atoms with Crippen LogP contribution in [0.4, 0.5) is 5.69 Å². The Morgan fingerprint density at radius 1 is 1.61 bits per heavy atom. The summed E-state index contributed by atoms with van der Waals surface area (Å²) in [5.41, 5.74) is 1.28. The lowest BCUT2D eigenvalue weighted by Crippen LogP contribution is -2.24. The van der Waals surface area contributed by atoms with Crippen LogP contribution in [-0.2, 0) is 4.74 Å². The zero-order chi connectivity index (χ0) is 13.2. The number of ether oxygens (including phenoxy) is 1.